The number of hydrogen-bond acceptors (Lipinski definition) is 5. The number of anilines is 1. The van der Waals surface area contributed by atoms with E-state index in [2.05, 4.69) is 15.9 Å². The maximum Gasteiger partial charge on any atom is 0.247 e. The van der Waals surface area contributed by atoms with Crippen LogP contribution in [0.5, 0.6) is 5.75 Å². The van der Waals surface area contributed by atoms with Crippen LogP contribution in [0.25, 0.3) is 0 Å². The zero-order valence-corrected chi connectivity index (χ0v) is 17.8. The number of rotatable bonds is 6. The number of para-hydroxylation sites is 2. The largest absolute Gasteiger partial charge is 0.492 e. The van der Waals surface area contributed by atoms with Crippen LogP contribution in [-0.2, 0) is 16.1 Å². The summed E-state index contributed by atoms with van der Waals surface area (Å²) in [7, 11) is 0. The Labute approximate surface area is 182 Å². The van der Waals surface area contributed by atoms with Gasteiger partial charge >= 0.3 is 0 Å². The van der Waals surface area contributed by atoms with Crippen molar-refractivity contribution in [2.75, 3.05) is 37.7 Å². The van der Waals surface area contributed by atoms with Crippen LogP contribution in [0.1, 0.15) is 18.9 Å². The van der Waals surface area contributed by atoms with E-state index >= 15 is 0 Å². The molecule has 0 radical (unpaired) electrons. The fraction of sp³-hybridized carbons (Fsp3) is 0.391. The highest BCUT2D eigenvalue weighted by Gasteiger charge is 2.42. The molecule has 0 aromatic heterocycles. The summed E-state index contributed by atoms with van der Waals surface area (Å²) < 4.78 is 5.76. The Hall–Kier alpha value is -2.57. The number of piperazine rings is 1. The number of carbonyl (C=O) groups excluding carboxylic acids is 2. The Morgan fingerprint density at radius 1 is 1.00 bits per heavy atom. The van der Waals surface area contributed by atoms with E-state index in [9.17, 15) is 9.59 Å². The van der Waals surface area contributed by atoms with Crippen molar-refractivity contribution in [3.63, 3.8) is 0 Å². The molecule has 2 heterocycles. The molecule has 1 atom stereocenters. The number of amides is 2. The van der Waals surface area contributed by atoms with E-state index in [0.29, 0.717) is 18.2 Å². The van der Waals surface area contributed by atoms with E-state index in [1.54, 1.807) is 12.1 Å². The molecule has 0 N–H and O–H groups in total. The molecule has 4 rings (SSSR count). The maximum absolute atomic E-state index is 13.0. The van der Waals surface area contributed by atoms with Crippen molar-refractivity contribution in [2.45, 2.75) is 25.9 Å². The standard InChI is InChI=1S/C23H26ClN3O3/c1-2-30-21-6-4-3-5-19(21)25-11-13-26(14-12-25)20-15-22(28)27(23(20)29)16-17-7-9-18(24)10-8-17/h3-10,20H,2,11-16H2,1H3. The minimum Gasteiger partial charge on any atom is -0.492 e. The highest BCUT2D eigenvalue weighted by Crippen LogP contribution is 2.30. The average molecular weight is 428 g/mol. The zero-order valence-electron chi connectivity index (χ0n) is 17.1. The number of imide groups is 1. The van der Waals surface area contributed by atoms with E-state index in [-0.39, 0.29) is 24.3 Å². The van der Waals surface area contributed by atoms with Crippen molar-refractivity contribution < 1.29 is 14.3 Å². The molecule has 0 aliphatic carbocycles. The molecule has 2 amide bonds. The van der Waals surface area contributed by atoms with Crippen LogP contribution < -0.4 is 9.64 Å². The molecule has 2 aromatic carbocycles. The first-order valence-electron chi connectivity index (χ1n) is 10.4. The molecular weight excluding hydrogens is 402 g/mol. The topological polar surface area (TPSA) is 53.1 Å². The lowest BCUT2D eigenvalue weighted by molar-refractivity contribution is -0.140. The molecule has 158 valence electrons. The van der Waals surface area contributed by atoms with Gasteiger partial charge < -0.3 is 9.64 Å². The van der Waals surface area contributed by atoms with Gasteiger partial charge in [-0.3, -0.25) is 19.4 Å². The molecule has 2 fully saturated rings. The van der Waals surface area contributed by atoms with Crippen molar-refractivity contribution in [2.24, 2.45) is 0 Å². The third kappa shape index (κ3) is 4.30. The van der Waals surface area contributed by atoms with Crippen LogP contribution in [0.2, 0.25) is 5.02 Å². The van der Waals surface area contributed by atoms with Crippen molar-refractivity contribution in [1.82, 2.24) is 9.80 Å². The maximum atomic E-state index is 13.0. The molecule has 0 bridgehead atoms. The molecule has 0 saturated carbocycles. The Kier molecular flexibility index (Phi) is 6.25. The number of hydrogen-bond donors (Lipinski definition) is 0. The van der Waals surface area contributed by atoms with E-state index < -0.39 is 0 Å². The number of likely N-dealkylation sites (tertiary alicyclic amines) is 1. The summed E-state index contributed by atoms with van der Waals surface area (Å²) in [6.07, 6.45) is 0.252. The van der Waals surface area contributed by atoms with Crippen molar-refractivity contribution in [3.8, 4) is 5.75 Å². The van der Waals surface area contributed by atoms with Gasteiger partial charge in [-0.25, -0.2) is 0 Å². The summed E-state index contributed by atoms with van der Waals surface area (Å²) in [5.41, 5.74) is 1.98. The first-order valence-corrected chi connectivity index (χ1v) is 10.7. The van der Waals surface area contributed by atoms with Crippen LogP contribution in [0.4, 0.5) is 5.69 Å². The second-order valence-corrected chi connectivity index (χ2v) is 8.02. The van der Waals surface area contributed by atoms with Gasteiger partial charge in [-0.2, -0.15) is 0 Å². The lowest BCUT2D eigenvalue weighted by Gasteiger charge is -2.38. The van der Waals surface area contributed by atoms with Gasteiger partial charge in [-0.05, 0) is 36.8 Å². The van der Waals surface area contributed by atoms with Gasteiger partial charge in [0, 0.05) is 31.2 Å². The smallest absolute Gasteiger partial charge is 0.247 e. The van der Waals surface area contributed by atoms with Gasteiger partial charge in [-0.1, -0.05) is 35.9 Å². The fourth-order valence-electron chi connectivity index (χ4n) is 4.16. The summed E-state index contributed by atoms with van der Waals surface area (Å²) >= 11 is 5.93. The summed E-state index contributed by atoms with van der Waals surface area (Å²) in [5.74, 6) is 0.678. The first-order chi connectivity index (χ1) is 14.6. The van der Waals surface area contributed by atoms with Gasteiger partial charge in [0.25, 0.3) is 0 Å². The number of ether oxygens (including phenoxy) is 1. The SMILES string of the molecule is CCOc1ccccc1N1CCN(C2CC(=O)N(Cc3ccc(Cl)cc3)C2=O)CC1. The van der Waals surface area contributed by atoms with Crippen molar-refractivity contribution >= 4 is 29.1 Å². The summed E-state index contributed by atoms with van der Waals surface area (Å²) in [4.78, 5) is 31.3. The van der Waals surface area contributed by atoms with Crippen LogP contribution in [-0.4, -0.2) is 60.4 Å². The summed E-state index contributed by atoms with van der Waals surface area (Å²) in [6, 6.07) is 14.9. The molecule has 2 saturated heterocycles. The average Bonchev–Trinajstić information content (AvgIpc) is 3.04. The van der Waals surface area contributed by atoms with Crippen LogP contribution in [0, 0.1) is 0 Å². The Balaban J connectivity index is 1.38. The van der Waals surface area contributed by atoms with Gasteiger partial charge in [0.05, 0.1) is 31.3 Å². The van der Waals surface area contributed by atoms with E-state index in [1.807, 2.05) is 37.3 Å². The van der Waals surface area contributed by atoms with Gasteiger partial charge in [0.2, 0.25) is 11.8 Å². The predicted molar refractivity (Wildman–Crippen MR) is 117 cm³/mol. The molecule has 30 heavy (non-hydrogen) atoms. The number of benzene rings is 2. The number of carbonyl (C=O) groups is 2. The number of nitrogens with zero attached hydrogens (tertiary/aromatic N) is 3. The van der Waals surface area contributed by atoms with Gasteiger partial charge in [0.1, 0.15) is 5.75 Å². The molecule has 7 heteroatoms. The Morgan fingerprint density at radius 2 is 1.70 bits per heavy atom. The second kappa shape index (κ2) is 9.06. The Bertz CT molecular complexity index is 910. The highest BCUT2D eigenvalue weighted by atomic mass is 35.5. The van der Waals surface area contributed by atoms with E-state index in [4.69, 9.17) is 16.3 Å². The molecule has 2 aliphatic rings. The molecule has 0 spiro atoms. The van der Waals surface area contributed by atoms with Gasteiger partial charge in [0.15, 0.2) is 0 Å². The molecule has 2 aliphatic heterocycles. The van der Waals surface area contributed by atoms with E-state index in [1.165, 1.54) is 4.90 Å². The van der Waals surface area contributed by atoms with Crippen molar-refractivity contribution in [1.29, 1.82) is 0 Å². The lowest BCUT2D eigenvalue weighted by atomic mass is 10.1. The highest BCUT2D eigenvalue weighted by molar-refractivity contribution is 6.30. The van der Waals surface area contributed by atoms with E-state index in [0.717, 1.165) is 43.2 Å². The molecule has 6 nitrogen and oxygen atoms in total. The second-order valence-electron chi connectivity index (χ2n) is 7.59. The third-order valence-electron chi connectivity index (χ3n) is 5.73. The fourth-order valence-corrected chi connectivity index (χ4v) is 4.29. The molecule has 1 unspecified atom stereocenters. The minimum absolute atomic E-state index is 0.0990. The van der Waals surface area contributed by atoms with Crippen molar-refractivity contribution in [3.05, 3.63) is 59.1 Å². The summed E-state index contributed by atoms with van der Waals surface area (Å²) in [6.45, 7) is 5.95. The zero-order chi connectivity index (χ0) is 21.1. The normalized spacial score (nSPS) is 20.1. The summed E-state index contributed by atoms with van der Waals surface area (Å²) in [5, 5.41) is 0.638. The Morgan fingerprint density at radius 3 is 2.40 bits per heavy atom. The number of halogens is 1. The quantitative estimate of drug-likeness (QED) is 0.663. The lowest BCUT2D eigenvalue weighted by Crippen LogP contribution is -2.52. The van der Waals surface area contributed by atoms with Crippen LogP contribution in [0.15, 0.2) is 48.5 Å². The minimum atomic E-state index is -0.367. The third-order valence-corrected chi connectivity index (χ3v) is 5.99. The molecular formula is C23H26ClN3O3. The predicted octanol–water partition coefficient (Wildman–Crippen LogP) is 3.19. The van der Waals surface area contributed by atoms with Crippen LogP contribution >= 0.6 is 11.6 Å². The van der Waals surface area contributed by atoms with Gasteiger partial charge in [-0.15, -0.1) is 0 Å². The van der Waals surface area contributed by atoms with Crippen LogP contribution in [0.3, 0.4) is 0 Å². The molecule has 2 aromatic rings. The monoisotopic (exact) mass is 427 g/mol. The first kappa shape index (κ1) is 20.7.